The summed E-state index contributed by atoms with van der Waals surface area (Å²) in [4.78, 5) is 23.4. The van der Waals surface area contributed by atoms with Crippen molar-refractivity contribution in [1.82, 2.24) is 16.0 Å². The van der Waals surface area contributed by atoms with Gasteiger partial charge in [-0.1, -0.05) is 20.8 Å². The predicted molar refractivity (Wildman–Crippen MR) is 91.9 cm³/mol. The van der Waals surface area contributed by atoms with E-state index in [4.69, 9.17) is 0 Å². The minimum absolute atomic E-state index is 0.0244. The number of ketones is 1. The molecule has 0 aliphatic rings. The summed E-state index contributed by atoms with van der Waals surface area (Å²) in [5.41, 5.74) is -0.165. The molecule has 0 fully saturated rings. The average Bonchev–Trinajstić information content (AvgIpc) is 2.35. The molecular weight excluding hydrogens is 278 g/mol. The molecule has 22 heavy (non-hydrogen) atoms. The van der Waals surface area contributed by atoms with Crippen molar-refractivity contribution >= 4 is 11.7 Å². The standard InChI is InChI=1S/C17H35N3O2/c1-16(2,3)14(21)8-7-9-15(22)19-12-10-18-11-13-20-17(4,5)6/h18,20H,7-13H2,1-6H3,(H,19,22). The van der Waals surface area contributed by atoms with E-state index in [9.17, 15) is 9.59 Å². The van der Waals surface area contributed by atoms with Gasteiger partial charge in [-0.2, -0.15) is 0 Å². The Bertz CT molecular complexity index is 341. The van der Waals surface area contributed by atoms with Crippen molar-refractivity contribution in [3.63, 3.8) is 0 Å². The molecule has 3 N–H and O–H groups in total. The molecule has 0 rings (SSSR count). The highest BCUT2D eigenvalue weighted by molar-refractivity contribution is 5.84. The first-order chi connectivity index (χ1) is 10.0. The van der Waals surface area contributed by atoms with Crippen LogP contribution in [0.4, 0.5) is 0 Å². The molecule has 0 unspecified atom stereocenters. The molecule has 0 aliphatic heterocycles. The van der Waals surface area contributed by atoms with E-state index in [-0.39, 0.29) is 22.6 Å². The first-order valence-corrected chi connectivity index (χ1v) is 8.28. The summed E-state index contributed by atoms with van der Waals surface area (Å²) in [7, 11) is 0. The Labute approximate surface area is 136 Å². The number of carbonyl (C=O) groups is 2. The zero-order chi connectivity index (χ0) is 17.2. The molecule has 0 aromatic heterocycles. The fourth-order valence-electron chi connectivity index (χ4n) is 1.81. The minimum atomic E-state index is -0.304. The highest BCUT2D eigenvalue weighted by Gasteiger charge is 2.20. The van der Waals surface area contributed by atoms with Crippen molar-refractivity contribution in [2.24, 2.45) is 5.41 Å². The SMILES string of the molecule is CC(C)(C)NCCNCCNC(=O)CCCC(=O)C(C)(C)C. The molecule has 0 radical (unpaired) electrons. The minimum Gasteiger partial charge on any atom is -0.355 e. The largest absolute Gasteiger partial charge is 0.355 e. The van der Waals surface area contributed by atoms with Crippen LogP contribution >= 0.6 is 0 Å². The Morgan fingerprint density at radius 1 is 0.818 bits per heavy atom. The van der Waals surface area contributed by atoms with E-state index in [1.807, 2.05) is 20.8 Å². The Hall–Kier alpha value is -0.940. The molecule has 0 saturated heterocycles. The van der Waals surface area contributed by atoms with Gasteiger partial charge in [-0.3, -0.25) is 9.59 Å². The maximum absolute atomic E-state index is 11.7. The van der Waals surface area contributed by atoms with Gasteiger partial charge in [-0.05, 0) is 27.2 Å². The van der Waals surface area contributed by atoms with Crippen LogP contribution in [0.3, 0.4) is 0 Å². The Morgan fingerprint density at radius 3 is 1.95 bits per heavy atom. The average molecular weight is 313 g/mol. The number of hydrogen-bond donors (Lipinski definition) is 3. The molecule has 0 bridgehead atoms. The molecule has 5 heteroatoms. The van der Waals surface area contributed by atoms with Gasteiger partial charge in [0.15, 0.2) is 0 Å². The molecule has 0 atom stereocenters. The van der Waals surface area contributed by atoms with E-state index in [1.54, 1.807) is 0 Å². The zero-order valence-corrected chi connectivity index (χ0v) is 15.3. The van der Waals surface area contributed by atoms with Crippen molar-refractivity contribution in [2.45, 2.75) is 66.3 Å². The lowest BCUT2D eigenvalue weighted by atomic mass is 9.88. The highest BCUT2D eigenvalue weighted by Crippen LogP contribution is 2.18. The van der Waals surface area contributed by atoms with Gasteiger partial charge >= 0.3 is 0 Å². The van der Waals surface area contributed by atoms with E-state index in [1.165, 1.54) is 0 Å². The number of hydrogen-bond acceptors (Lipinski definition) is 4. The molecule has 0 heterocycles. The first-order valence-electron chi connectivity index (χ1n) is 8.28. The second kappa shape index (κ2) is 9.95. The van der Waals surface area contributed by atoms with Crippen LogP contribution in [0.1, 0.15) is 60.8 Å². The van der Waals surface area contributed by atoms with Gasteiger partial charge in [0.2, 0.25) is 5.91 Å². The lowest BCUT2D eigenvalue weighted by Crippen LogP contribution is -2.41. The summed E-state index contributed by atoms with van der Waals surface area (Å²) in [6.45, 7) is 15.3. The van der Waals surface area contributed by atoms with E-state index in [0.29, 0.717) is 25.8 Å². The van der Waals surface area contributed by atoms with Crippen LogP contribution in [0.5, 0.6) is 0 Å². The number of amides is 1. The maximum atomic E-state index is 11.7. The van der Waals surface area contributed by atoms with Gasteiger partial charge in [0.05, 0.1) is 0 Å². The summed E-state index contributed by atoms with van der Waals surface area (Å²) in [5.74, 6) is 0.240. The zero-order valence-electron chi connectivity index (χ0n) is 15.3. The van der Waals surface area contributed by atoms with Crippen LogP contribution in [-0.2, 0) is 9.59 Å². The molecule has 1 amide bonds. The third-order valence-electron chi connectivity index (χ3n) is 3.23. The number of Topliss-reactive ketones (excluding diaryl/α,β-unsaturated/α-hetero) is 1. The van der Waals surface area contributed by atoms with Crippen LogP contribution in [0, 0.1) is 5.41 Å². The second-order valence-electron chi connectivity index (χ2n) is 7.80. The molecule has 0 aromatic rings. The topological polar surface area (TPSA) is 70.2 Å². The predicted octanol–water partition coefficient (Wildman–Crippen LogP) is 1.87. The summed E-state index contributed by atoms with van der Waals surface area (Å²) in [6.07, 6.45) is 1.53. The van der Waals surface area contributed by atoms with Crippen molar-refractivity contribution in [3.05, 3.63) is 0 Å². The smallest absolute Gasteiger partial charge is 0.220 e. The van der Waals surface area contributed by atoms with E-state index >= 15 is 0 Å². The van der Waals surface area contributed by atoms with Gasteiger partial charge in [0.1, 0.15) is 5.78 Å². The Kier molecular flexibility index (Phi) is 9.53. The fraction of sp³-hybridized carbons (Fsp3) is 0.882. The number of carbonyl (C=O) groups excluding carboxylic acids is 2. The third kappa shape index (κ3) is 12.8. The summed E-state index contributed by atoms with van der Waals surface area (Å²) >= 11 is 0. The molecule has 0 saturated carbocycles. The van der Waals surface area contributed by atoms with Crippen LogP contribution in [-0.4, -0.2) is 43.4 Å². The molecule has 130 valence electrons. The number of nitrogens with one attached hydrogen (secondary N) is 3. The molecule has 0 aliphatic carbocycles. The molecule has 0 aromatic carbocycles. The van der Waals surface area contributed by atoms with Crippen molar-refractivity contribution in [1.29, 1.82) is 0 Å². The van der Waals surface area contributed by atoms with Crippen LogP contribution in [0.15, 0.2) is 0 Å². The fourth-order valence-corrected chi connectivity index (χ4v) is 1.81. The van der Waals surface area contributed by atoms with Gasteiger partial charge in [-0.25, -0.2) is 0 Å². The van der Waals surface area contributed by atoms with E-state index in [2.05, 4.69) is 36.7 Å². The van der Waals surface area contributed by atoms with Crippen molar-refractivity contribution in [2.75, 3.05) is 26.2 Å². The Balaban J connectivity index is 3.50. The van der Waals surface area contributed by atoms with Crippen LogP contribution < -0.4 is 16.0 Å². The van der Waals surface area contributed by atoms with Crippen LogP contribution in [0.25, 0.3) is 0 Å². The van der Waals surface area contributed by atoms with Gasteiger partial charge in [0.25, 0.3) is 0 Å². The van der Waals surface area contributed by atoms with E-state index < -0.39 is 0 Å². The van der Waals surface area contributed by atoms with Crippen molar-refractivity contribution < 1.29 is 9.59 Å². The normalized spacial score (nSPS) is 12.3. The Morgan fingerprint density at radius 2 is 1.41 bits per heavy atom. The lowest BCUT2D eigenvalue weighted by Gasteiger charge is -2.20. The van der Waals surface area contributed by atoms with Crippen LogP contribution in [0.2, 0.25) is 0 Å². The quantitative estimate of drug-likeness (QED) is 0.539. The van der Waals surface area contributed by atoms with Gasteiger partial charge in [-0.15, -0.1) is 0 Å². The molecule has 5 nitrogen and oxygen atoms in total. The van der Waals surface area contributed by atoms with Crippen molar-refractivity contribution in [3.8, 4) is 0 Å². The van der Waals surface area contributed by atoms with E-state index in [0.717, 1.165) is 19.6 Å². The maximum Gasteiger partial charge on any atom is 0.220 e. The molecular formula is C17H35N3O2. The highest BCUT2D eigenvalue weighted by atomic mass is 16.1. The third-order valence-corrected chi connectivity index (χ3v) is 3.23. The summed E-state index contributed by atoms with van der Waals surface area (Å²) < 4.78 is 0. The first kappa shape index (κ1) is 21.1. The lowest BCUT2D eigenvalue weighted by molar-refractivity contribution is -0.126. The number of rotatable bonds is 10. The van der Waals surface area contributed by atoms with Gasteiger partial charge < -0.3 is 16.0 Å². The van der Waals surface area contributed by atoms with Gasteiger partial charge in [0, 0.05) is 50.0 Å². The molecule has 0 spiro atoms. The summed E-state index contributed by atoms with van der Waals surface area (Å²) in [6, 6.07) is 0. The summed E-state index contributed by atoms with van der Waals surface area (Å²) in [5, 5.41) is 9.54. The monoisotopic (exact) mass is 313 g/mol. The second-order valence-corrected chi connectivity index (χ2v) is 7.80.